The van der Waals surface area contributed by atoms with Gasteiger partial charge in [-0.3, -0.25) is 4.98 Å². The number of aromatic amines is 1. The molecule has 0 aliphatic carbocycles. The highest BCUT2D eigenvalue weighted by Crippen LogP contribution is 2.24. The van der Waals surface area contributed by atoms with Gasteiger partial charge in [-0.2, -0.15) is 0 Å². The first kappa shape index (κ1) is 9.90. The maximum absolute atomic E-state index is 5.14. The van der Waals surface area contributed by atoms with E-state index in [-0.39, 0.29) is 0 Å². The minimum atomic E-state index is 0.864. The van der Waals surface area contributed by atoms with Crippen LogP contribution in [0.25, 0.3) is 22.3 Å². The summed E-state index contributed by atoms with van der Waals surface area (Å²) in [7, 11) is 1.67. The van der Waals surface area contributed by atoms with Gasteiger partial charge in [0, 0.05) is 11.9 Å². The normalized spacial score (nSPS) is 10.6. The summed E-state index contributed by atoms with van der Waals surface area (Å²) in [6.07, 6.45) is 1.80. The molecule has 0 spiro atoms. The third-order valence-corrected chi connectivity index (χ3v) is 2.79. The van der Waals surface area contributed by atoms with Crippen LogP contribution in [0.3, 0.4) is 0 Å². The van der Waals surface area contributed by atoms with Crippen molar-refractivity contribution in [1.29, 1.82) is 0 Å². The number of methoxy groups -OCH3 is 1. The predicted octanol–water partition coefficient (Wildman–Crippen LogP) is 3.24. The highest BCUT2D eigenvalue weighted by molar-refractivity contribution is 5.82. The van der Waals surface area contributed by atoms with Crippen LogP contribution in [0, 0.1) is 0 Å². The fraction of sp³-hybridized carbons (Fsp3) is 0.0714. The van der Waals surface area contributed by atoms with Crippen LogP contribution in [0.5, 0.6) is 5.75 Å². The van der Waals surface area contributed by atoms with E-state index in [1.165, 1.54) is 0 Å². The SMILES string of the molecule is COc1ccc(-c2cc3ncccc3[nH]2)cc1. The first-order valence-corrected chi connectivity index (χ1v) is 5.45. The number of hydrogen-bond acceptors (Lipinski definition) is 2. The number of aromatic nitrogens is 2. The average molecular weight is 224 g/mol. The molecular formula is C14H12N2O. The van der Waals surface area contributed by atoms with E-state index < -0.39 is 0 Å². The number of nitrogens with zero attached hydrogens (tertiary/aromatic N) is 1. The zero-order chi connectivity index (χ0) is 11.7. The van der Waals surface area contributed by atoms with Crippen molar-refractivity contribution in [2.75, 3.05) is 7.11 Å². The van der Waals surface area contributed by atoms with Crippen LogP contribution in [0.15, 0.2) is 48.7 Å². The van der Waals surface area contributed by atoms with Crippen molar-refractivity contribution in [3.8, 4) is 17.0 Å². The van der Waals surface area contributed by atoms with Crippen molar-refractivity contribution >= 4 is 11.0 Å². The van der Waals surface area contributed by atoms with Crippen molar-refractivity contribution in [2.24, 2.45) is 0 Å². The van der Waals surface area contributed by atoms with Gasteiger partial charge in [0.15, 0.2) is 0 Å². The standard InChI is InChI=1S/C14H12N2O/c1-17-11-6-4-10(5-7-11)13-9-14-12(16-13)3-2-8-15-14/h2-9,16H,1H3. The second-order valence-corrected chi connectivity index (χ2v) is 3.85. The molecular weight excluding hydrogens is 212 g/mol. The van der Waals surface area contributed by atoms with Gasteiger partial charge >= 0.3 is 0 Å². The summed E-state index contributed by atoms with van der Waals surface area (Å²) in [5.41, 5.74) is 4.24. The molecule has 3 aromatic rings. The van der Waals surface area contributed by atoms with Crippen LogP contribution < -0.4 is 4.74 Å². The second kappa shape index (κ2) is 3.94. The summed E-state index contributed by atoms with van der Waals surface area (Å²) in [6, 6.07) is 14.0. The first-order valence-electron chi connectivity index (χ1n) is 5.45. The number of ether oxygens (including phenoxy) is 1. The Kier molecular flexibility index (Phi) is 2.29. The number of hydrogen-bond donors (Lipinski definition) is 1. The van der Waals surface area contributed by atoms with E-state index in [4.69, 9.17) is 4.74 Å². The van der Waals surface area contributed by atoms with Gasteiger partial charge in [0.25, 0.3) is 0 Å². The Morgan fingerprint density at radius 2 is 1.94 bits per heavy atom. The molecule has 0 unspecified atom stereocenters. The molecule has 3 nitrogen and oxygen atoms in total. The summed E-state index contributed by atoms with van der Waals surface area (Å²) in [5, 5.41) is 0. The molecule has 1 N–H and O–H groups in total. The lowest BCUT2D eigenvalue weighted by Crippen LogP contribution is -1.82. The number of H-pyrrole nitrogens is 1. The second-order valence-electron chi connectivity index (χ2n) is 3.85. The number of fused-ring (bicyclic) bond motifs is 1. The summed E-state index contributed by atoms with van der Waals surface area (Å²) in [5.74, 6) is 0.864. The summed E-state index contributed by atoms with van der Waals surface area (Å²) in [6.45, 7) is 0. The Bertz CT molecular complexity index is 608. The Hall–Kier alpha value is -2.29. The molecule has 3 heteroatoms. The van der Waals surface area contributed by atoms with Crippen molar-refractivity contribution in [2.45, 2.75) is 0 Å². The molecule has 0 aliphatic heterocycles. The van der Waals surface area contributed by atoms with Crippen LogP contribution in [0.2, 0.25) is 0 Å². The molecule has 0 bridgehead atoms. The summed E-state index contributed by atoms with van der Waals surface area (Å²) in [4.78, 5) is 7.65. The maximum atomic E-state index is 5.14. The lowest BCUT2D eigenvalue weighted by Gasteiger charge is -2.00. The summed E-state index contributed by atoms with van der Waals surface area (Å²) < 4.78 is 5.14. The Morgan fingerprint density at radius 3 is 2.65 bits per heavy atom. The largest absolute Gasteiger partial charge is 0.497 e. The van der Waals surface area contributed by atoms with Crippen LogP contribution in [-0.2, 0) is 0 Å². The van der Waals surface area contributed by atoms with E-state index in [1.807, 2.05) is 36.4 Å². The Morgan fingerprint density at radius 1 is 1.12 bits per heavy atom. The lowest BCUT2D eigenvalue weighted by atomic mass is 10.1. The monoisotopic (exact) mass is 224 g/mol. The molecule has 2 aromatic heterocycles. The van der Waals surface area contributed by atoms with Crippen LogP contribution >= 0.6 is 0 Å². The van der Waals surface area contributed by atoms with Gasteiger partial charge in [-0.25, -0.2) is 0 Å². The molecule has 0 atom stereocenters. The highest BCUT2D eigenvalue weighted by atomic mass is 16.5. The predicted molar refractivity (Wildman–Crippen MR) is 68.1 cm³/mol. The molecule has 0 amide bonds. The van der Waals surface area contributed by atoms with E-state index in [1.54, 1.807) is 13.3 Å². The fourth-order valence-electron chi connectivity index (χ4n) is 1.88. The smallest absolute Gasteiger partial charge is 0.118 e. The number of nitrogens with one attached hydrogen (secondary N) is 1. The van der Waals surface area contributed by atoms with Crippen LogP contribution in [-0.4, -0.2) is 17.1 Å². The summed E-state index contributed by atoms with van der Waals surface area (Å²) >= 11 is 0. The van der Waals surface area contributed by atoms with Crippen molar-refractivity contribution in [3.63, 3.8) is 0 Å². The number of pyridine rings is 1. The van der Waals surface area contributed by atoms with E-state index in [0.29, 0.717) is 0 Å². The molecule has 1 aromatic carbocycles. The van der Waals surface area contributed by atoms with Crippen molar-refractivity contribution in [1.82, 2.24) is 9.97 Å². The molecule has 0 aliphatic rings. The number of rotatable bonds is 2. The molecule has 0 radical (unpaired) electrons. The lowest BCUT2D eigenvalue weighted by molar-refractivity contribution is 0.415. The van der Waals surface area contributed by atoms with Gasteiger partial charge in [-0.15, -0.1) is 0 Å². The minimum absolute atomic E-state index is 0.864. The average Bonchev–Trinajstić information content (AvgIpc) is 2.82. The molecule has 17 heavy (non-hydrogen) atoms. The van der Waals surface area contributed by atoms with Gasteiger partial charge in [-0.05, 0) is 48.0 Å². The van der Waals surface area contributed by atoms with Gasteiger partial charge in [0.2, 0.25) is 0 Å². The maximum Gasteiger partial charge on any atom is 0.118 e. The van der Waals surface area contributed by atoms with Crippen molar-refractivity contribution < 1.29 is 4.74 Å². The van der Waals surface area contributed by atoms with Crippen LogP contribution in [0.1, 0.15) is 0 Å². The molecule has 0 fully saturated rings. The van der Waals surface area contributed by atoms with Gasteiger partial charge < -0.3 is 9.72 Å². The van der Waals surface area contributed by atoms with Gasteiger partial charge in [-0.1, -0.05) is 0 Å². The Balaban J connectivity index is 2.07. The highest BCUT2D eigenvalue weighted by Gasteiger charge is 2.03. The molecule has 0 saturated heterocycles. The van der Waals surface area contributed by atoms with Crippen molar-refractivity contribution in [3.05, 3.63) is 48.7 Å². The molecule has 84 valence electrons. The van der Waals surface area contributed by atoms with E-state index in [9.17, 15) is 0 Å². The van der Waals surface area contributed by atoms with Crippen LogP contribution in [0.4, 0.5) is 0 Å². The minimum Gasteiger partial charge on any atom is -0.497 e. The number of benzene rings is 1. The topological polar surface area (TPSA) is 37.9 Å². The molecule has 3 rings (SSSR count). The molecule has 2 heterocycles. The van der Waals surface area contributed by atoms with E-state index in [0.717, 1.165) is 28.0 Å². The van der Waals surface area contributed by atoms with E-state index >= 15 is 0 Å². The van der Waals surface area contributed by atoms with Gasteiger partial charge in [0.1, 0.15) is 5.75 Å². The Labute approximate surface area is 99.1 Å². The zero-order valence-electron chi connectivity index (χ0n) is 9.47. The fourth-order valence-corrected chi connectivity index (χ4v) is 1.88. The quantitative estimate of drug-likeness (QED) is 0.725. The third-order valence-electron chi connectivity index (χ3n) is 2.79. The van der Waals surface area contributed by atoms with E-state index in [2.05, 4.69) is 16.0 Å². The molecule has 0 saturated carbocycles. The first-order chi connectivity index (χ1) is 8.36. The zero-order valence-corrected chi connectivity index (χ0v) is 9.47. The van der Waals surface area contributed by atoms with Gasteiger partial charge in [0.05, 0.1) is 18.1 Å². The third kappa shape index (κ3) is 1.76.